The summed E-state index contributed by atoms with van der Waals surface area (Å²) in [5, 5.41) is 3.17. The van der Waals surface area contributed by atoms with Crippen LogP contribution in [-0.2, 0) is 17.9 Å². The average molecular weight is 414 g/mol. The van der Waals surface area contributed by atoms with Crippen LogP contribution in [0.3, 0.4) is 0 Å². The van der Waals surface area contributed by atoms with E-state index in [4.69, 9.17) is 0 Å². The number of nitrogens with zero attached hydrogens (tertiary/aromatic N) is 2. The van der Waals surface area contributed by atoms with Crippen LogP contribution in [0, 0.1) is 0 Å². The summed E-state index contributed by atoms with van der Waals surface area (Å²) in [5.74, 6) is -0.280. The summed E-state index contributed by atoms with van der Waals surface area (Å²) < 4.78 is 0. The van der Waals surface area contributed by atoms with E-state index in [2.05, 4.69) is 46.4 Å². The van der Waals surface area contributed by atoms with Crippen molar-refractivity contribution in [2.45, 2.75) is 19.0 Å². The highest BCUT2D eigenvalue weighted by molar-refractivity contribution is 5.87. The fourth-order valence-electron chi connectivity index (χ4n) is 4.18. The molecule has 1 amide bonds. The Labute approximate surface area is 185 Å². The van der Waals surface area contributed by atoms with Gasteiger partial charge in [-0.1, -0.05) is 84.9 Å². The molecule has 0 saturated carbocycles. The summed E-state index contributed by atoms with van der Waals surface area (Å²) in [4.78, 5) is 18.1. The van der Waals surface area contributed by atoms with Crippen molar-refractivity contribution in [3.8, 4) is 0 Å². The van der Waals surface area contributed by atoms with Crippen LogP contribution in [0.25, 0.3) is 0 Å². The smallest absolute Gasteiger partial charge is 0.232 e. The standard InChI is InChI=1S/C27H31N3O/c1-29-15-17-30(18-16-29)21-23-10-8-9-22(19-23)20-28-27(31)26(24-11-4-2-5-12-24)25-13-6-3-7-14-25/h2-14,19,26H,15-18,20-21H2,1H3,(H,28,31). The molecule has 0 spiro atoms. The Bertz CT molecular complexity index is 927. The minimum Gasteiger partial charge on any atom is -0.351 e. The van der Waals surface area contributed by atoms with Gasteiger partial charge in [0.05, 0.1) is 5.92 Å². The maximum Gasteiger partial charge on any atom is 0.232 e. The second-order valence-corrected chi connectivity index (χ2v) is 8.37. The van der Waals surface area contributed by atoms with Crippen molar-refractivity contribution in [1.29, 1.82) is 0 Å². The molecule has 0 unspecified atom stereocenters. The van der Waals surface area contributed by atoms with Gasteiger partial charge in [0.25, 0.3) is 0 Å². The Kier molecular flexibility index (Phi) is 7.13. The van der Waals surface area contributed by atoms with Crippen molar-refractivity contribution in [2.24, 2.45) is 0 Å². The first-order chi connectivity index (χ1) is 15.2. The lowest BCUT2D eigenvalue weighted by Gasteiger charge is -2.32. The van der Waals surface area contributed by atoms with Gasteiger partial charge in [-0.05, 0) is 29.3 Å². The Balaban J connectivity index is 1.42. The number of benzene rings is 3. The number of carbonyl (C=O) groups excluding carboxylic acids is 1. The van der Waals surface area contributed by atoms with Crippen LogP contribution in [-0.4, -0.2) is 48.9 Å². The van der Waals surface area contributed by atoms with E-state index in [0.717, 1.165) is 49.4 Å². The van der Waals surface area contributed by atoms with Gasteiger partial charge >= 0.3 is 0 Å². The minimum absolute atomic E-state index is 0.0295. The number of hydrogen-bond acceptors (Lipinski definition) is 3. The second kappa shape index (κ2) is 10.4. The number of amides is 1. The van der Waals surface area contributed by atoms with Crippen LogP contribution in [0.5, 0.6) is 0 Å². The van der Waals surface area contributed by atoms with E-state index >= 15 is 0 Å². The zero-order chi connectivity index (χ0) is 21.5. The van der Waals surface area contributed by atoms with Gasteiger partial charge in [0, 0.05) is 39.3 Å². The Morgan fingerprint density at radius 3 is 2.00 bits per heavy atom. The van der Waals surface area contributed by atoms with Gasteiger partial charge in [-0.15, -0.1) is 0 Å². The molecule has 1 N–H and O–H groups in total. The second-order valence-electron chi connectivity index (χ2n) is 8.37. The van der Waals surface area contributed by atoms with E-state index in [9.17, 15) is 4.79 Å². The van der Waals surface area contributed by atoms with Crippen LogP contribution in [0.1, 0.15) is 28.2 Å². The first-order valence-corrected chi connectivity index (χ1v) is 11.1. The molecule has 31 heavy (non-hydrogen) atoms. The van der Waals surface area contributed by atoms with E-state index in [1.165, 1.54) is 5.56 Å². The number of hydrogen-bond donors (Lipinski definition) is 1. The van der Waals surface area contributed by atoms with Crippen LogP contribution in [0.4, 0.5) is 0 Å². The fraction of sp³-hybridized carbons (Fsp3) is 0.296. The van der Waals surface area contributed by atoms with Crippen molar-refractivity contribution in [2.75, 3.05) is 33.2 Å². The molecule has 0 atom stereocenters. The topological polar surface area (TPSA) is 35.6 Å². The zero-order valence-electron chi connectivity index (χ0n) is 18.2. The molecule has 3 aromatic carbocycles. The van der Waals surface area contributed by atoms with Crippen LogP contribution in [0.2, 0.25) is 0 Å². The molecule has 0 bridgehead atoms. The highest BCUT2D eigenvalue weighted by atomic mass is 16.1. The van der Waals surface area contributed by atoms with Crippen molar-refractivity contribution in [3.63, 3.8) is 0 Å². The third kappa shape index (κ3) is 5.81. The molecule has 0 aliphatic carbocycles. The summed E-state index contributed by atoms with van der Waals surface area (Å²) in [7, 11) is 2.18. The molecule has 4 heteroatoms. The summed E-state index contributed by atoms with van der Waals surface area (Å²) in [6, 6.07) is 28.6. The van der Waals surface area contributed by atoms with Gasteiger partial charge in [-0.2, -0.15) is 0 Å². The number of piperazine rings is 1. The highest BCUT2D eigenvalue weighted by Gasteiger charge is 2.22. The molecule has 1 fully saturated rings. The summed E-state index contributed by atoms with van der Waals surface area (Å²) in [6.07, 6.45) is 0. The van der Waals surface area contributed by atoms with E-state index in [1.54, 1.807) is 0 Å². The highest BCUT2D eigenvalue weighted by Crippen LogP contribution is 2.25. The minimum atomic E-state index is -0.309. The van der Waals surface area contributed by atoms with Crippen LogP contribution >= 0.6 is 0 Å². The zero-order valence-corrected chi connectivity index (χ0v) is 18.2. The molecule has 160 valence electrons. The predicted molar refractivity (Wildman–Crippen MR) is 126 cm³/mol. The molecule has 0 radical (unpaired) electrons. The molecule has 1 saturated heterocycles. The molecule has 1 aliphatic rings. The monoisotopic (exact) mass is 413 g/mol. The van der Waals surface area contributed by atoms with Gasteiger partial charge in [-0.25, -0.2) is 0 Å². The normalized spacial score (nSPS) is 15.2. The number of carbonyl (C=O) groups is 1. The van der Waals surface area contributed by atoms with Crippen LogP contribution in [0.15, 0.2) is 84.9 Å². The third-order valence-electron chi connectivity index (χ3n) is 5.99. The lowest BCUT2D eigenvalue weighted by Crippen LogP contribution is -2.43. The molecule has 4 rings (SSSR count). The van der Waals surface area contributed by atoms with E-state index in [-0.39, 0.29) is 11.8 Å². The first kappa shape index (κ1) is 21.3. The van der Waals surface area contributed by atoms with Crippen molar-refractivity contribution in [1.82, 2.24) is 15.1 Å². The molecule has 1 aliphatic heterocycles. The predicted octanol–water partition coefficient (Wildman–Crippen LogP) is 3.88. The van der Waals surface area contributed by atoms with Gasteiger partial charge in [-0.3, -0.25) is 9.69 Å². The lowest BCUT2D eigenvalue weighted by atomic mass is 9.90. The SMILES string of the molecule is CN1CCN(Cc2cccc(CNC(=O)C(c3ccccc3)c3ccccc3)c2)CC1. The summed E-state index contributed by atoms with van der Waals surface area (Å²) in [6.45, 7) is 5.95. The molecule has 4 nitrogen and oxygen atoms in total. The molecule has 1 heterocycles. The van der Waals surface area contributed by atoms with Gasteiger partial charge in [0.2, 0.25) is 5.91 Å². The third-order valence-corrected chi connectivity index (χ3v) is 5.99. The molecule has 0 aromatic heterocycles. The van der Waals surface area contributed by atoms with Gasteiger partial charge in [0.1, 0.15) is 0 Å². The van der Waals surface area contributed by atoms with Crippen LogP contribution < -0.4 is 5.32 Å². The average Bonchev–Trinajstić information content (AvgIpc) is 2.81. The maximum atomic E-state index is 13.2. The summed E-state index contributed by atoms with van der Waals surface area (Å²) in [5.41, 5.74) is 4.46. The van der Waals surface area contributed by atoms with E-state index in [1.807, 2.05) is 60.7 Å². The lowest BCUT2D eigenvalue weighted by molar-refractivity contribution is -0.121. The number of likely N-dealkylation sites (N-methyl/N-ethyl adjacent to an activating group) is 1. The molecular formula is C27H31N3O. The van der Waals surface area contributed by atoms with Crippen molar-refractivity contribution < 1.29 is 4.79 Å². The van der Waals surface area contributed by atoms with Crippen molar-refractivity contribution in [3.05, 3.63) is 107 Å². The molecular weight excluding hydrogens is 382 g/mol. The largest absolute Gasteiger partial charge is 0.351 e. The van der Waals surface area contributed by atoms with Crippen molar-refractivity contribution >= 4 is 5.91 Å². The maximum absolute atomic E-state index is 13.2. The van der Waals surface area contributed by atoms with Gasteiger partial charge in [0.15, 0.2) is 0 Å². The molecule has 3 aromatic rings. The first-order valence-electron chi connectivity index (χ1n) is 11.1. The van der Waals surface area contributed by atoms with E-state index in [0.29, 0.717) is 6.54 Å². The Morgan fingerprint density at radius 2 is 1.39 bits per heavy atom. The van der Waals surface area contributed by atoms with E-state index < -0.39 is 0 Å². The number of rotatable bonds is 7. The number of nitrogens with one attached hydrogen (secondary N) is 1. The quantitative estimate of drug-likeness (QED) is 0.638. The fourth-order valence-corrected chi connectivity index (χ4v) is 4.18. The summed E-state index contributed by atoms with van der Waals surface area (Å²) >= 11 is 0. The Hall–Kier alpha value is -2.95. The van der Waals surface area contributed by atoms with Gasteiger partial charge < -0.3 is 10.2 Å². The Morgan fingerprint density at radius 1 is 0.806 bits per heavy atom.